The molecule has 0 aromatic carbocycles. The normalized spacial score (nSPS) is 9.85. The molecule has 0 saturated heterocycles. The molecule has 0 spiro atoms. The largest absolute Gasteiger partial charge is 1.00 e. The molecule has 0 aliphatic heterocycles. The van der Waals surface area contributed by atoms with Crippen LogP contribution in [0, 0.1) is 0 Å². The molecular weight excluding hydrogens is 183 g/mol. The number of allylic oxidation sites excluding steroid dienone is 1. The van der Waals surface area contributed by atoms with Crippen molar-refractivity contribution < 1.29 is 50.8 Å². The van der Waals surface area contributed by atoms with Gasteiger partial charge in [0.05, 0.1) is 5.57 Å². The van der Waals surface area contributed by atoms with Crippen LogP contribution in [0.4, 0.5) is 0 Å². The van der Waals surface area contributed by atoms with E-state index in [1.54, 1.807) is 13.8 Å². The molecule has 0 aliphatic carbocycles. The monoisotopic (exact) mass is 194 g/mol. The molecular formula is C8H11NaO4. The van der Waals surface area contributed by atoms with Crippen LogP contribution in [0.15, 0.2) is 23.3 Å². The average molecular weight is 194 g/mol. The molecule has 0 aromatic rings. The third kappa shape index (κ3) is 7.77. The van der Waals surface area contributed by atoms with Gasteiger partial charge in [0.2, 0.25) is 0 Å². The maximum Gasteiger partial charge on any atom is 1.00 e. The van der Waals surface area contributed by atoms with E-state index in [-0.39, 0.29) is 36.6 Å². The summed E-state index contributed by atoms with van der Waals surface area (Å²) in [7, 11) is 0. The summed E-state index contributed by atoms with van der Waals surface area (Å²) in [5.41, 5.74) is 0.521. The minimum Gasteiger partial charge on any atom is -1.00 e. The van der Waals surface area contributed by atoms with Crippen molar-refractivity contribution >= 4 is 11.9 Å². The predicted octanol–water partition coefficient (Wildman–Crippen LogP) is -1.84. The molecule has 0 aromatic heterocycles. The van der Waals surface area contributed by atoms with E-state index in [4.69, 9.17) is 10.2 Å². The van der Waals surface area contributed by atoms with Crippen molar-refractivity contribution in [1.29, 1.82) is 0 Å². The van der Waals surface area contributed by atoms with E-state index in [9.17, 15) is 9.59 Å². The quantitative estimate of drug-likeness (QED) is 0.314. The molecule has 0 rings (SSSR count). The van der Waals surface area contributed by atoms with E-state index in [1.807, 2.05) is 0 Å². The number of carboxylic acids is 2. The molecule has 0 unspecified atom stereocenters. The first-order chi connectivity index (χ1) is 5.43. The Morgan fingerprint density at radius 2 is 1.62 bits per heavy atom. The molecule has 0 heterocycles. The van der Waals surface area contributed by atoms with Gasteiger partial charge >= 0.3 is 41.5 Å². The van der Waals surface area contributed by atoms with Crippen molar-refractivity contribution in [3.63, 3.8) is 0 Å². The van der Waals surface area contributed by atoms with E-state index >= 15 is 0 Å². The fourth-order valence-corrected chi connectivity index (χ4v) is 0.609. The Hall–Kier alpha value is -0.580. The standard InChI is InChI=1S/C8H10O4.Na.H/c1-5(2)3-6(8(11)12)4-7(9)10;;/h3-4H,1-2H3,(H,9,10)(H,11,12);;/q;+1;-1/b6-4-;;. The van der Waals surface area contributed by atoms with Gasteiger partial charge in [-0.3, -0.25) is 0 Å². The Morgan fingerprint density at radius 1 is 1.15 bits per heavy atom. The van der Waals surface area contributed by atoms with Crippen LogP contribution in [0.25, 0.3) is 0 Å². The van der Waals surface area contributed by atoms with Gasteiger partial charge in [-0.05, 0) is 19.9 Å². The van der Waals surface area contributed by atoms with Gasteiger partial charge in [-0.1, -0.05) is 5.57 Å². The van der Waals surface area contributed by atoms with Crippen molar-refractivity contribution in [2.75, 3.05) is 0 Å². The van der Waals surface area contributed by atoms with Gasteiger partial charge in [0.15, 0.2) is 0 Å². The van der Waals surface area contributed by atoms with Crippen molar-refractivity contribution in [3.8, 4) is 0 Å². The van der Waals surface area contributed by atoms with Crippen molar-refractivity contribution in [2.45, 2.75) is 13.8 Å². The van der Waals surface area contributed by atoms with E-state index < -0.39 is 11.9 Å². The van der Waals surface area contributed by atoms with Gasteiger partial charge in [0, 0.05) is 6.08 Å². The van der Waals surface area contributed by atoms with Crippen LogP contribution < -0.4 is 29.6 Å². The van der Waals surface area contributed by atoms with Crippen LogP contribution in [0.1, 0.15) is 15.3 Å². The molecule has 0 amide bonds. The molecule has 0 bridgehead atoms. The van der Waals surface area contributed by atoms with E-state index in [0.29, 0.717) is 6.08 Å². The number of hydrogen-bond donors (Lipinski definition) is 2. The van der Waals surface area contributed by atoms with E-state index in [2.05, 4.69) is 0 Å². The zero-order chi connectivity index (χ0) is 9.72. The number of hydrogen-bond acceptors (Lipinski definition) is 2. The zero-order valence-corrected chi connectivity index (χ0v) is 9.87. The molecule has 13 heavy (non-hydrogen) atoms. The fraction of sp³-hybridized carbons (Fsp3) is 0.250. The topological polar surface area (TPSA) is 74.6 Å². The molecule has 0 saturated carbocycles. The Kier molecular flexibility index (Phi) is 7.90. The summed E-state index contributed by atoms with van der Waals surface area (Å²) in [5, 5.41) is 16.8. The van der Waals surface area contributed by atoms with Crippen LogP contribution >= 0.6 is 0 Å². The third-order valence-corrected chi connectivity index (χ3v) is 0.970. The molecule has 68 valence electrons. The van der Waals surface area contributed by atoms with Crippen LogP contribution in [0.2, 0.25) is 0 Å². The number of aliphatic carboxylic acids is 2. The first-order valence-electron chi connectivity index (χ1n) is 3.26. The van der Waals surface area contributed by atoms with Gasteiger partial charge in [0.25, 0.3) is 0 Å². The van der Waals surface area contributed by atoms with Crippen molar-refractivity contribution in [3.05, 3.63) is 23.3 Å². The van der Waals surface area contributed by atoms with Crippen molar-refractivity contribution in [1.82, 2.24) is 0 Å². The average Bonchev–Trinajstić information content (AvgIpc) is 1.83. The molecule has 5 heteroatoms. The van der Waals surface area contributed by atoms with Gasteiger partial charge in [-0.25, -0.2) is 9.59 Å². The Balaban J connectivity index is -0.000000605. The molecule has 0 radical (unpaired) electrons. The Morgan fingerprint density at radius 3 is 1.85 bits per heavy atom. The first kappa shape index (κ1) is 14.9. The first-order valence-corrected chi connectivity index (χ1v) is 3.26. The van der Waals surface area contributed by atoms with Gasteiger partial charge in [0.1, 0.15) is 0 Å². The number of carbonyl (C=O) groups is 2. The molecule has 0 aliphatic rings. The predicted molar refractivity (Wildman–Crippen MR) is 43.9 cm³/mol. The maximum absolute atomic E-state index is 10.4. The van der Waals surface area contributed by atoms with Crippen LogP contribution in [-0.2, 0) is 9.59 Å². The van der Waals surface area contributed by atoms with Gasteiger partial charge in [-0.15, -0.1) is 0 Å². The van der Waals surface area contributed by atoms with Crippen LogP contribution in [0.5, 0.6) is 0 Å². The zero-order valence-electron chi connectivity index (χ0n) is 8.87. The summed E-state index contributed by atoms with van der Waals surface area (Å²) in [4.78, 5) is 20.5. The van der Waals surface area contributed by atoms with Crippen molar-refractivity contribution in [2.24, 2.45) is 0 Å². The summed E-state index contributed by atoms with van der Waals surface area (Å²) in [5.74, 6) is -2.50. The second-order valence-corrected chi connectivity index (χ2v) is 2.46. The third-order valence-electron chi connectivity index (χ3n) is 0.970. The Labute approximate surface area is 99.7 Å². The summed E-state index contributed by atoms with van der Waals surface area (Å²) in [6.45, 7) is 3.39. The summed E-state index contributed by atoms with van der Waals surface area (Å²) >= 11 is 0. The maximum atomic E-state index is 10.4. The summed E-state index contributed by atoms with van der Waals surface area (Å²) in [6, 6.07) is 0. The second kappa shape index (κ2) is 6.88. The number of rotatable bonds is 3. The van der Waals surface area contributed by atoms with E-state index in [0.717, 1.165) is 5.57 Å². The summed E-state index contributed by atoms with van der Waals surface area (Å²) in [6.07, 6.45) is 1.96. The molecule has 4 nitrogen and oxygen atoms in total. The van der Waals surface area contributed by atoms with Crippen LogP contribution in [0.3, 0.4) is 0 Å². The smallest absolute Gasteiger partial charge is 1.00 e. The minimum absolute atomic E-state index is 0. The van der Waals surface area contributed by atoms with E-state index in [1.165, 1.54) is 6.08 Å². The Bertz CT molecular complexity index is 267. The number of carboxylic acid groups (broad SMARTS) is 2. The molecule has 0 fully saturated rings. The summed E-state index contributed by atoms with van der Waals surface area (Å²) < 4.78 is 0. The SMILES string of the molecule is CC(C)=C/C(=C/C(=O)O)C(=O)O.[H-].[Na+]. The van der Waals surface area contributed by atoms with Gasteiger partial charge < -0.3 is 11.6 Å². The fourth-order valence-electron chi connectivity index (χ4n) is 0.609. The molecule has 0 atom stereocenters. The molecule has 2 N–H and O–H groups in total. The van der Waals surface area contributed by atoms with Crippen LogP contribution in [-0.4, -0.2) is 22.2 Å². The minimum atomic E-state index is -1.26. The second-order valence-electron chi connectivity index (χ2n) is 2.46. The van der Waals surface area contributed by atoms with Gasteiger partial charge in [-0.2, -0.15) is 0 Å².